The van der Waals surface area contributed by atoms with E-state index in [0.717, 1.165) is 19.4 Å². The number of hydrogen-bond acceptors (Lipinski definition) is 2. The van der Waals surface area contributed by atoms with E-state index in [4.69, 9.17) is 0 Å². The van der Waals surface area contributed by atoms with Crippen molar-refractivity contribution in [3.63, 3.8) is 0 Å². The molecule has 0 saturated heterocycles. The Balaban J connectivity index is 2.87. The largest absolute Gasteiger partial charge is 0.309 e. The highest BCUT2D eigenvalue weighted by molar-refractivity contribution is 7.85. The van der Waals surface area contributed by atoms with Crippen LogP contribution in [0.5, 0.6) is 0 Å². The number of aryl methyl sites for hydroxylation is 2. The highest BCUT2D eigenvalue weighted by Gasteiger charge is 2.18. The fraction of sp³-hybridized carbons (Fsp3) is 0.647. The molecule has 1 rings (SSSR count). The molecular formula is C17H29NOS. The minimum atomic E-state index is -0.773. The van der Waals surface area contributed by atoms with Crippen LogP contribution >= 0.6 is 0 Å². The SMILES string of the molecule is CCCNC(CS(=O)C(C)CC)c1ccc(C)c(C)c1. The molecule has 2 nitrogen and oxygen atoms in total. The van der Waals surface area contributed by atoms with Crippen LogP contribution in [0.15, 0.2) is 18.2 Å². The third kappa shape index (κ3) is 5.02. The fourth-order valence-corrected chi connectivity index (χ4v) is 3.43. The molecular weight excluding hydrogens is 266 g/mol. The number of nitrogens with one attached hydrogen (secondary N) is 1. The van der Waals surface area contributed by atoms with Crippen molar-refractivity contribution in [2.75, 3.05) is 12.3 Å². The molecule has 0 fully saturated rings. The zero-order valence-corrected chi connectivity index (χ0v) is 14.3. The molecule has 0 saturated carbocycles. The average Bonchev–Trinajstić information content (AvgIpc) is 2.45. The van der Waals surface area contributed by atoms with Gasteiger partial charge in [0.15, 0.2) is 0 Å². The Morgan fingerprint density at radius 3 is 2.45 bits per heavy atom. The van der Waals surface area contributed by atoms with E-state index in [9.17, 15) is 4.21 Å². The van der Waals surface area contributed by atoms with Crippen molar-refractivity contribution in [1.82, 2.24) is 5.32 Å². The van der Waals surface area contributed by atoms with E-state index in [-0.39, 0.29) is 11.3 Å². The lowest BCUT2D eigenvalue weighted by atomic mass is 10.0. The molecule has 3 unspecified atom stereocenters. The summed E-state index contributed by atoms with van der Waals surface area (Å²) in [6, 6.07) is 6.77. The third-order valence-corrected chi connectivity index (χ3v) is 5.82. The first kappa shape index (κ1) is 17.4. The lowest BCUT2D eigenvalue weighted by molar-refractivity contribution is 0.567. The van der Waals surface area contributed by atoms with Gasteiger partial charge in [-0.3, -0.25) is 4.21 Å². The van der Waals surface area contributed by atoms with E-state index < -0.39 is 10.8 Å². The van der Waals surface area contributed by atoms with Crippen LogP contribution in [0.25, 0.3) is 0 Å². The van der Waals surface area contributed by atoms with Gasteiger partial charge in [0, 0.05) is 27.8 Å². The quantitative estimate of drug-likeness (QED) is 0.788. The molecule has 3 atom stereocenters. The normalized spacial score (nSPS) is 15.8. The molecule has 1 aromatic rings. The molecule has 0 aromatic heterocycles. The summed E-state index contributed by atoms with van der Waals surface area (Å²) in [6.45, 7) is 11.6. The second kappa shape index (κ2) is 8.58. The first-order valence-electron chi connectivity index (χ1n) is 7.67. The van der Waals surface area contributed by atoms with Gasteiger partial charge < -0.3 is 5.32 Å². The van der Waals surface area contributed by atoms with Gasteiger partial charge in [0.2, 0.25) is 0 Å². The van der Waals surface area contributed by atoms with Crippen LogP contribution in [-0.4, -0.2) is 21.8 Å². The van der Waals surface area contributed by atoms with E-state index >= 15 is 0 Å². The molecule has 0 bridgehead atoms. The second-order valence-corrected chi connectivity index (χ2v) is 7.52. The van der Waals surface area contributed by atoms with Crippen LogP contribution in [0, 0.1) is 13.8 Å². The van der Waals surface area contributed by atoms with Gasteiger partial charge in [-0.25, -0.2) is 0 Å². The monoisotopic (exact) mass is 295 g/mol. The molecule has 0 spiro atoms. The van der Waals surface area contributed by atoms with Gasteiger partial charge >= 0.3 is 0 Å². The predicted octanol–water partition coefficient (Wildman–Crippen LogP) is 3.89. The summed E-state index contributed by atoms with van der Waals surface area (Å²) in [5.41, 5.74) is 3.88. The summed E-state index contributed by atoms with van der Waals surface area (Å²) in [5.74, 6) is 0.706. The average molecular weight is 295 g/mol. The van der Waals surface area contributed by atoms with E-state index in [1.807, 2.05) is 0 Å². The third-order valence-electron chi connectivity index (χ3n) is 3.93. The molecule has 0 aliphatic carbocycles. The highest BCUT2D eigenvalue weighted by Crippen LogP contribution is 2.19. The van der Waals surface area contributed by atoms with Crippen molar-refractivity contribution in [2.24, 2.45) is 0 Å². The van der Waals surface area contributed by atoms with E-state index in [2.05, 4.69) is 58.1 Å². The molecule has 20 heavy (non-hydrogen) atoms. The summed E-state index contributed by atoms with van der Waals surface area (Å²) < 4.78 is 12.3. The van der Waals surface area contributed by atoms with Gasteiger partial charge in [-0.15, -0.1) is 0 Å². The van der Waals surface area contributed by atoms with Gasteiger partial charge in [0.25, 0.3) is 0 Å². The maximum Gasteiger partial charge on any atom is 0.0437 e. The lowest BCUT2D eigenvalue weighted by Gasteiger charge is -2.21. The molecule has 0 heterocycles. The zero-order chi connectivity index (χ0) is 15.1. The first-order chi connectivity index (χ1) is 9.49. The summed E-state index contributed by atoms with van der Waals surface area (Å²) in [5, 5.41) is 3.82. The topological polar surface area (TPSA) is 29.1 Å². The van der Waals surface area contributed by atoms with Crippen molar-refractivity contribution < 1.29 is 4.21 Å². The van der Waals surface area contributed by atoms with Crippen molar-refractivity contribution in [3.8, 4) is 0 Å². The van der Waals surface area contributed by atoms with Crippen LogP contribution in [0.2, 0.25) is 0 Å². The van der Waals surface area contributed by atoms with Gasteiger partial charge in [0.1, 0.15) is 0 Å². The zero-order valence-electron chi connectivity index (χ0n) is 13.5. The number of rotatable bonds is 8. The van der Waals surface area contributed by atoms with Gasteiger partial charge in [0.05, 0.1) is 0 Å². The van der Waals surface area contributed by atoms with Crippen LogP contribution < -0.4 is 5.32 Å². The Bertz CT molecular complexity index is 445. The van der Waals surface area contributed by atoms with Crippen molar-refractivity contribution in [2.45, 2.75) is 58.8 Å². The van der Waals surface area contributed by atoms with Gasteiger partial charge in [-0.1, -0.05) is 39.0 Å². The lowest BCUT2D eigenvalue weighted by Crippen LogP contribution is -2.29. The van der Waals surface area contributed by atoms with Crippen LogP contribution in [0.4, 0.5) is 0 Å². The summed E-state index contributed by atoms with van der Waals surface area (Å²) >= 11 is 0. The second-order valence-electron chi connectivity index (χ2n) is 5.62. The molecule has 0 amide bonds. The summed E-state index contributed by atoms with van der Waals surface area (Å²) in [6.07, 6.45) is 2.07. The Morgan fingerprint density at radius 2 is 1.90 bits per heavy atom. The smallest absolute Gasteiger partial charge is 0.0437 e. The summed E-state index contributed by atoms with van der Waals surface area (Å²) in [7, 11) is -0.773. The number of hydrogen-bond donors (Lipinski definition) is 1. The molecule has 114 valence electrons. The maximum atomic E-state index is 12.3. The van der Waals surface area contributed by atoms with Crippen molar-refractivity contribution >= 4 is 10.8 Å². The van der Waals surface area contributed by atoms with E-state index in [1.54, 1.807) is 0 Å². The highest BCUT2D eigenvalue weighted by atomic mass is 32.2. The van der Waals surface area contributed by atoms with E-state index in [1.165, 1.54) is 16.7 Å². The molecule has 3 heteroatoms. The van der Waals surface area contributed by atoms with Gasteiger partial charge in [-0.05, 0) is 49.9 Å². The van der Waals surface area contributed by atoms with Gasteiger partial charge in [-0.2, -0.15) is 0 Å². The van der Waals surface area contributed by atoms with Crippen LogP contribution in [0.1, 0.15) is 56.3 Å². The molecule has 0 radical (unpaired) electrons. The Morgan fingerprint density at radius 1 is 1.20 bits per heavy atom. The summed E-state index contributed by atoms with van der Waals surface area (Å²) in [4.78, 5) is 0. The standard InChI is InChI=1S/C17H29NOS/c1-6-10-18-17(12-20(19)15(5)7-2)16-9-8-13(3)14(4)11-16/h8-9,11,15,17-18H,6-7,10,12H2,1-5H3. The molecule has 1 N–H and O–H groups in total. The molecule has 0 aliphatic rings. The van der Waals surface area contributed by atoms with Crippen LogP contribution in [-0.2, 0) is 10.8 Å². The van der Waals surface area contributed by atoms with Crippen molar-refractivity contribution in [3.05, 3.63) is 34.9 Å². The first-order valence-corrected chi connectivity index (χ1v) is 9.05. The maximum absolute atomic E-state index is 12.3. The fourth-order valence-electron chi connectivity index (χ4n) is 2.09. The minimum absolute atomic E-state index is 0.198. The van der Waals surface area contributed by atoms with E-state index in [0.29, 0.717) is 5.75 Å². The van der Waals surface area contributed by atoms with Crippen molar-refractivity contribution in [1.29, 1.82) is 0 Å². The van der Waals surface area contributed by atoms with Crippen LogP contribution in [0.3, 0.4) is 0 Å². The molecule has 1 aromatic carbocycles. The Kier molecular flexibility index (Phi) is 7.46. The minimum Gasteiger partial charge on any atom is -0.309 e. The predicted molar refractivity (Wildman–Crippen MR) is 89.7 cm³/mol. The molecule has 0 aliphatic heterocycles. The Hall–Kier alpha value is -0.670. The Labute approximate surface area is 126 Å². The number of benzene rings is 1.